The summed E-state index contributed by atoms with van der Waals surface area (Å²) in [7, 11) is 1.47. The van der Waals surface area contributed by atoms with Crippen molar-refractivity contribution in [3.05, 3.63) is 35.9 Å². The van der Waals surface area contributed by atoms with Crippen LogP contribution in [-0.4, -0.2) is 38.0 Å². The molecule has 0 aliphatic rings. The predicted octanol–water partition coefficient (Wildman–Crippen LogP) is 0.0246. The van der Waals surface area contributed by atoms with Gasteiger partial charge >= 0.3 is 5.97 Å². The van der Waals surface area contributed by atoms with Gasteiger partial charge in [-0.2, -0.15) is 0 Å². The fourth-order valence-electron chi connectivity index (χ4n) is 1.43. The molecule has 1 rings (SSSR count). The van der Waals surface area contributed by atoms with Crippen LogP contribution in [0.2, 0.25) is 0 Å². The average Bonchev–Trinajstić information content (AvgIpc) is 2.49. The molecule has 0 saturated carbocycles. The maximum atomic E-state index is 11.4. The molecular formula is C14H18N2O4. The summed E-state index contributed by atoms with van der Waals surface area (Å²) in [5.41, 5.74) is 1.04. The predicted molar refractivity (Wildman–Crippen MR) is 72.8 cm³/mol. The number of likely N-dealkylation sites (N-methyl/N-ethyl adjacent to an activating group) is 1. The van der Waals surface area contributed by atoms with Gasteiger partial charge in [-0.25, -0.2) is 0 Å². The van der Waals surface area contributed by atoms with Crippen LogP contribution in [0, 0.1) is 0 Å². The lowest BCUT2D eigenvalue weighted by molar-refractivity contribution is -0.148. The van der Waals surface area contributed by atoms with Crippen LogP contribution in [0.1, 0.15) is 12.0 Å². The van der Waals surface area contributed by atoms with Gasteiger partial charge in [-0.15, -0.1) is 0 Å². The summed E-state index contributed by atoms with van der Waals surface area (Å²) in [6, 6.07) is 9.53. The molecule has 0 spiro atoms. The highest BCUT2D eigenvalue weighted by Gasteiger charge is 2.08. The lowest BCUT2D eigenvalue weighted by Crippen LogP contribution is -2.37. The minimum absolute atomic E-state index is 0.128. The molecule has 1 aromatic rings. The second-order valence-corrected chi connectivity index (χ2v) is 4.10. The Balaban J connectivity index is 2.16. The zero-order chi connectivity index (χ0) is 14.8. The summed E-state index contributed by atoms with van der Waals surface area (Å²) >= 11 is 0. The number of esters is 1. The highest BCUT2D eigenvalue weighted by Crippen LogP contribution is 2.03. The maximum Gasteiger partial charge on any atom is 0.306 e. The number of rotatable bonds is 7. The maximum absolute atomic E-state index is 11.4. The number of carbonyl (C=O) groups excluding carboxylic acids is 3. The fourth-order valence-corrected chi connectivity index (χ4v) is 1.43. The Labute approximate surface area is 117 Å². The summed E-state index contributed by atoms with van der Waals surface area (Å²) in [6.45, 7) is -0.498. The number of nitrogens with one attached hydrogen (secondary N) is 2. The van der Waals surface area contributed by atoms with Gasteiger partial charge in [0.05, 0.1) is 6.54 Å². The minimum Gasteiger partial charge on any atom is -0.456 e. The average molecular weight is 278 g/mol. The summed E-state index contributed by atoms with van der Waals surface area (Å²) < 4.78 is 4.81. The van der Waals surface area contributed by atoms with Crippen LogP contribution in [0.3, 0.4) is 0 Å². The number of ether oxygens (including phenoxy) is 1. The highest BCUT2D eigenvalue weighted by molar-refractivity contribution is 5.86. The number of hydrogen-bond donors (Lipinski definition) is 2. The van der Waals surface area contributed by atoms with E-state index in [1.54, 1.807) is 0 Å². The van der Waals surface area contributed by atoms with Crippen molar-refractivity contribution in [1.82, 2.24) is 10.6 Å². The Kier molecular flexibility index (Phi) is 6.81. The van der Waals surface area contributed by atoms with E-state index in [0.29, 0.717) is 6.42 Å². The van der Waals surface area contributed by atoms with Gasteiger partial charge in [-0.05, 0) is 12.0 Å². The van der Waals surface area contributed by atoms with E-state index in [9.17, 15) is 14.4 Å². The van der Waals surface area contributed by atoms with Gasteiger partial charge in [-0.1, -0.05) is 30.3 Å². The molecule has 0 aromatic heterocycles. The van der Waals surface area contributed by atoms with Gasteiger partial charge in [0.1, 0.15) is 0 Å². The van der Waals surface area contributed by atoms with Crippen molar-refractivity contribution in [2.45, 2.75) is 12.8 Å². The first-order valence-electron chi connectivity index (χ1n) is 6.28. The number of aryl methyl sites for hydroxylation is 1. The Morgan fingerprint density at radius 3 is 2.45 bits per heavy atom. The van der Waals surface area contributed by atoms with Crippen LogP contribution in [0.25, 0.3) is 0 Å². The minimum atomic E-state index is -0.498. The van der Waals surface area contributed by atoms with Crippen molar-refractivity contribution >= 4 is 17.8 Å². The second kappa shape index (κ2) is 8.68. The second-order valence-electron chi connectivity index (χ2n) is 4.10. The Bertz CT molecular complexity index is 460. The SMILES string of the molecule is CNC(=O)CNC(=O)COC(=O)CCc1ccccc1. The summed E-state index contributed by atoms with van der Waals surface area (Å²) in [5, 5.41) is 4.70. The van der Waals surface area contributed by atoms with Crippen LogP contribution in [0.4, 0.5) is 0 Å². The zero-order valence-corrected chi connectivity index (χ0v) is 11.3. The van der Waals surface area contributed by atoms with Crippen molar-refractivity contribution in [2.75, 3.05) is 20.2 Å². The Morgan fingerprint density at radius 1 is 1.10 bits per heavy atom. The molecule has 108 valence electrons. The van der Waals surface area contributed by atoms with Gasteiger partial charge in [0, 0.05) is 13.5 Å². The first kappa shape index (κ1) is 15.7. The first-order chi connectivity index (χ1) is 9.61. The van der Waals surface area contributed by atoms with E-state index in [-0.39, 0.29) is 25.5 Å². The number of carbonyl (C=O) groups is 3. The normalized spacial score (nSPS) is 9.65. The molecule has 0 atom stereocenters. The molecule has 1 aromatic carbocycles. The molecule has 6 nitrogen and oxygen atoms in total. The van der Waals surface area contributed by atoms with E-state index in [2.05, 4.69) is 10.6 Å². The van der Waals surface area contributed by atoms with E-state index in [4.69, 9.17) is 4.74 Å². The molecular weight excluding hydrogens is 260 g/mol. The van der Waals surface area contributed by atoms with Gasteiger partial charge in [-0.3, -0.25) is 14.4 Å². The van der Waals surface area contributed by atoms with Crippen LogP contribution < -0.4 is 10.6 Å². The van der Waals surface area contributed by atoms with Crippen LogP contribution in [0.15, 0.2) is 30.3 Å². The highest BCUT2D eigenvalue weighted by atomic mass is 16.5. The first-order valence-corrected chi connectivity index (χ1v) is 6.28. The van der Waals surface area contributed by atoms with E-state index in [1.807, 2.05) is 30.3 Å². The molecule has 2 amide bonds. The molecule has 0 unspecified atom stereocenters. The molecule has 0 radical (unpaired) electrons. The third-order valence-corrected chi connectivity index (χ3v) is 2.55. The fraction of sp³-hybridized carbons (Fsp3) is 0.357. The van der Waals surface area contributed by atoms with Crippen LogP contribution >= 0.6 is 0 Å². The van der Waals surface area contributed by atoms with E-state index >= 15 is 0 Å². The number of benzene rings is 1. The third-order valence-electron chi connectivity index (χ3n) is 2.55. The van der Waals surface area contributed by atoms with Gasteiger partial charge in [0.15, 0.2) is 6.61 Å². The molecule has 0 aliphatic carbocycles. The van der Waals surface area contributed by atoms with Crippen molar-refractivity contribution in [1.29, 1.82) is 0 Å². The van der Waals surface area contributed by atoms with E-state index < -0.39 is 11.9 Å². The Hall–Kier alpha value is -2.37. The van der Waals surface area contributed by atoms with Crippen molar-refractivity contribution in [3.8, 4) is 0 Å². The van der Waals surface area contributed by atoms with Gasteiger partial charge in [0.25, 0.3) is 5.91 Å². The monoisotopic (exact) mass is 278 g/mol. The molecule has 0 heterocycles. The van der Waals surface area contributed by atoms with Crippen LogP contribution in [-0.2, 0) is 25.5 Å². The van der Waals surface area contributed by atoms with E-state index in [0.717, 1.165) is 5.56 Å². The van der Waals surface area contributed by atoms with Crippen LogP contribution in [0.5, 0.6) is 0 Å². The summed E-state index contributed by atoms with van der Waals surface area (Å²) in [5.74, 6) is -1.25. The summed E-state index contributed by atoms with van der Waals surface area (Å²) in [6.07, 6.45) is 0.784. The molecule has 6 heteroatoms. The zero-order valence-electron chi connectivity index (χ0n) is 11.3. The number of amides is 2. The van der Waals surface area contributed by atoms with Gasteiger partial charge in [0.2, 0.25) is 5.91 Å². The molecule has 2 N–H and O–H groups in total. The van der Waals surface area contributed by atoms with Crippen molar-refractivity contribution < 1.29 is 19.1 Å². The molecule has 20 heavy (non-hydrogen) atoms. The van der Waals surface area contributed by atoms with Crippen molar-refractivity contribution in [3.63, 3.8) is 0 Å². The third kappa shape index (κ3) is 6.53. The molecule has 0 aliphatic heterocycles. The standard InChI is InChI=1S/C14H18N2O4/c1-15-12(17)9-16-13(18)10-20-14(19)8-7-11-5-3-2-4-6-11/h2-6H,7-10H2,1H3,(H,15,17)(H,16,18). The van der Waals surface area contributed by atoms with Gasteiger partial charge < -0.3 is 15.4 Å². The molecule has 0 bridgehead atoms. The molecule has 0 fully saturated rings. The topological polar surface area (TPSA) is 84.5 Å². The summed E-state index contributed by atoms with van der Waals surface area (Å²) in [4.78, 5) is 33.6. The Morgan fingerprint density at radius 2 is 1.80 bits per heavy atom. The largest absolute Gasteiger partial charge is 0.456 e. The molecule has 0 saturated heterocycles. The lowest BCUT2D eigenvalue weighted by Gasteiger charge is -2.06. The smallest absolute Gasteiger partial charge is 0.306 e. The van der Waals surface area contributed by atoms with Crippen molar-refractivity contribution in [2.24, 2.45) is 0 Å². The lowest BCUT2D eigenvalue weighted by atomic mass is 10.1. The van der Waals surface area contributed by atoms with E-state index in [1.165, 1.54) is 7.05 Å². The quantitative estimate of drug-likeness (QED) is 0.689. The number of hydrogen-bond acceptors (Lipinski definition) is 4.